The SMILES string of the molecule is COc1ccc2c(c1OC)C[C@H]1CCN(C)[C@H]1C2. The first-order valence-electron chi connectivity index (χ1n) is 6.67. The van der Waals surface area contributed by atoms with E-state index in [0.29, 0.717) is 0 Å². The maximum Gasteiger partial charge on any atom is 0.164 e. The largest absolute Gasteiger partial charge is 0.493 e. The molecular formula is C15H21NO2. The zero-order valence-corrected chi connectivity index (χ0v) is 11.4. The minimum absolute atomic E-state index is 0.718. The van der Waals surface area contributed by atoms with Crippen LogP contribution in [0.4, 0.5) is 0 Å². The van der Waals surface area contributed by atoms with Crippen molar-refractivity contribution in [3.8, 4) is 11.5 Å². The van der Waals surface area contributed by atoms with Crippen molar-refractivity contribution in [1.82, 2.24) is 4.90 Å². The molecule has 1 aromatic carbocycles. The highest BCUT2D eigenvalue weighted by atomic mass is 16.5. The molecule has 18 heavy (non-hydrogen) atoms. The highest BCUT2D eigenvalue weighted by molar-refractivity contribution is 5.52. The summed E-state index contributed by atoms with van der Waals surface area (Å²) in [5.74, 6) is 2.59. The van der Waals surface area contributed by atoms with Crippen molar-refractivity contribution >= 4 is 0 Å². The Morgan fingerprint density at radius 1 is 1.17 bits per heavy atom. The first-order chi connectivity index (χ1) is 8.74. The van der Waals surface area contributed by atoms with Crippen LogP contribution in [0.1, 0.15) is 17.5 Å². The van der Waals surface area contributed by atoms with Crippen LogP contribution in [0.5, 0.6) is 11.5 Å². The molecule has 98 valence electrons. The Balaban J connectivity index is 2.01. The van der Waals surface area contributed by atoms with Crippen LogP contribution in [0.15, 0.2) is 12.1 Å². The van der Waals surface area contributed by atoms with E-state index in [1.165, 1.54) is 24.1 Å². The number of methoxy groups -OCH3 is 2. The third-order valence-electron chi connectivity index (χ3n) is 4.60. The van der Waals surface area contributed by atoms with Gasteiger partial charge in [0.05, 0.1) is 14.2 Å². The number of hydrogen-bond acceptors (Lipinski definition) is 3. The van der Waals surface area contributed by atoms with Gasteiger partial charge in [-0.25, -0.2) is 0 Å². The summed E-state index contributed by atoms with van der Waals surface area (Å²) in [5, 5.41) is 0. The van der Waals surface area contributed by atoms with E-state index in [2.05, 4.69) is 18.0 Å². The lowest BCUT2D eigenvalue weighted by molar-refractivity contribution is 0.255. The van der Waals surface area contributed by atoms with Crippen LogP contribution in [0.2, 0.25) is 0 Å². The van der Waals surface area contributed by atoms with Crippen LogP contribution in [0.25, 0.3) is 0 Å². The lowest BCUT2D eigenvalue weighted by Crippen LogP contribution is -2.35. The second-order valence-corrected chi connectivity index (χ2v) is 5.44. The van der Waals surface area contributed by atoms with Crippen molar-refractivity contribution in [3.05, 3.63) is 23.3 Å². The number of hydrogen-bond donors (Lipinski definition) is 0. The molecule has 0 radical (unpaired) electrons. The summed E-state index contributed by atoms with van der Waals surface area (Å²) in [6.07, 6.45) is 3.59. The van der Waals surface area contributed by atoms with Crippen molar-refractivity contribution < 1.29 is 9.47 Å². The highest BCUT2D eigenvalue weighted by Gasteiger charge is 2.37. The average molecular weight is 247 g/mol. The maximum atomic E-state index is 5.57. The first kappa shape index (κ1) is 11.8. The highest BCUT2D eigenvalue weighted by Crippen LogP contribution is 2.42. The fraction of sp³-hybridized carbons (Fsp3) is 0.600. The van der Waals surface area contributed by atoms with Crippen LogP contribution >= 0.6 is 0 Å². The first-order valence-corrected chi connectivity index (χ1v) is 6.67. The molecule has 1 fully saturated rings. The standard InChI is InChI=1S/C15H21NO2/c1-16-7-6-11-8-12-10(9-13(11)16)4-5-14(17-2)15(12)18-3/h4-5,11,13H,6-9H2,1-3H3/t11-,13+/m1/s1. The van der Waals surface area contributed by atoms with Gasteiger partial charge in [-0.3, -0.25) is 0 Å². The molecule has 1 heterocycles. The van der Waals surface area contributed by atoms with E-state index in [0.717, 1.165) is 36.3 Å². The van der Waals surface area contributed by atoms with Crippen molar-refractivity contribution in [2.75, 3.05) is 27.8 Å². The van der Waals surface area contributed by atoms with E-state index >= 15 is 0 Å². The summed E-state index contributed by atoms with van der Waals surface area (Å²) in [5.41, 5.74) is 2.80. The maximum absolute atomic E-state index is 5.57. The minimum Gasteiger partial charge on any atom is -0.493 e. The lowest BCUT2D eigenvalue weighted by atomic mass is 9.80. The van der Waals surface area contributed by atoms with Gasteiger partial charge in [0.2, 0.25) is 0 Å². The van der Waals surface area contributed by atoms with E-state index in [1.807, 2.05) is 6.07 Å². The van der Waals surface area contributed by atoms with Crippen molar-refractivity contribution in [3.63, 3.8) is 0 Å². The van der Waals surface area contributed by atoms with Gasteiger partial charge < -0.3 is 14.4 Å². The molecule has 2 atom stereocenters. The van der Waals surface area contributed by atoms with Crippen LogP contribution in [0, 0.1) is 5.92 Å². The molecule has 0 N–H and O–H groups in total. The number of fused-ring (bicyclic) bond motifs is 2. The Labute approximate surface area is 109 Å². The molecule has 0 unspecified atom stereocenters. The van der Waals surface area contributed by atoms with Crippen molar-refractivity contribution in [2.45, 2.75) is 25.3 Å². The van der Waals surface area contributed by atoms with E-state index in [9.17, 15) is 0 Å². The molecule has 0 aromatic heterocycles. The average Bonchev–Trinajstić information content (AvgIpc) is 2.76. The van der Waals surface area contributed by atoms with E-state index in [-0.39, 0.29) is 0 Å². The molecule has 0 spiro atoms. The van der Waals surface area contributed by atoms with E-state index in [1.54, 1.807) is 14.2 Å². The van der Waals surface area contributed by atoms with E-state index < -0.39 is 0 Å². The van der Waals surface area contributed by atoms with Crippen LogP contribution < -0.4 is 9.47 Å². The number of nitrogens with zero attached hydrogens (tertiary/aromatic N) is 1. The summed E-state index contributed by atoms with van der Waals surface area (Å²) in [4.78, 5) is 2.50. The van der Waals surface area contributed by atoms with Gasteiger partial charge in [0.15, 0.2) is 11.5 Å². The molecule has 3 nitrogen and oxygen atoms in total. The van der Waals surface area contributed by atoms with E-state index in [4.69, 9.17) is 9.47 Å². The van der Waals surface area contributed by atoms with Gasteiger partial charge >= 0.3 is 0 Å². The zero-order valence-electron chi connectivity index (χ0n) is 11.4. The Hall–Kier alpha value is -1.22. The third kappa shape index (κ3) is 1.69. The number of likely N-dealkylation sites (tertiary alicyclic amines) is 1. The normalized spacial score (nSPS) is 26.6. The smallest absolute Gasteiger partial charge is 0.164 e. The molecule has 0 saturated carbocycles. The predicted molar refractivity (Wildman–Crippen MR) is 71.5 cm³/mol. The molecule has 1 aliphatic heterocycles. The lowest BCUT2D eigenvalue weighted by Gasteiger charge is -2.32. The summed E-state index contributed by atoms with van der Waals surface area (Å²) < 4.78 is 11.0. The van der Waals surface area contributed by atoms with Crippen molar-refractivity contribution in [2.24, 2.45) is 5.92 Å². The second-order valence-electron chi connectivity index (χ2n) is 5.44. The Bertz CT molecular complexity index is 458. The molecule has 0 bridgehead atoms. The Kier molecular flexibility index (Phi) is 2.94. The van der Waals surface area contributed by atoms with Crippen LogP contribution in [-0.2, 0) is 12.8 Å². The van der Waals surface area contributed by atoms with Gasteiger partial charge in [-0.15, -0.1) is 0 Å². The van der Waals surface area contributed by atoms with Gasteiger partial charge in [0.1, 0.15) is 0 Å². The molecule has 3 rings (SSSR count). The van der Waals surface area contributed by atoms with Gasteiger partial charge in [0, 0.05) is 11.6 Å². The number of ether oxygens (including phenoxy) is 2. The molecule has 1 aromatic rings. The Morgan fingerprint density at radius 2 is 2.00 bits per heavy atom. The summed E-state index contributed by atoms with van der Waals surface area (Å²) in [7, 11) is 5.70. The molecular weight excluding hydrogens is 226 g/mol. The summed E-state index contributed by atoms with van der Waals surface area (Å²) in [6.45, 7) is 1.22. The summed E-state index contributed by atoms with van der Waals surface area (Å²) in [6, 6.07) is 4.96. The number of rotatable bonds is 2. The molecule has 3 heteroatoms. The van der Waals surface area contributed by atoms with Crippen LogP contribution in [-0.4, -0.2) is 38.8 Å². The topological polar surface area (TPSA) is 21.7 Å². The van der Waals surface area contributed by atoms with Gasteiger partial charge in [-0.1, -0.05) is 6.07 Å². The fourth-order valence-electron chi connectivity index (χ4n) is 3.58. The third-order valence-corrected chi connectivity index (χ3v) is 4.60. The van der Waals surface area contributed by atoms with Gasteiger partial charge in [0.25, 0.3) is 0 Å². The minimum atomic E-state index is 0.718. The Morgan fingerprint density at radius 3 is 2.72 bits per heavy atom. The zero-order chi connectivity index (χ0) is 12.7. The predicted octanol–water partition coefficient (Wildman–Crippen LogP) is 2.12. The molecule has 0 amide bonds. The molecule has 1 aliphatic carbocycles. The molecule has 2 aliphatic rings. The van der Waals surface area contributed by atoms with Gasteiger partial charge in [-0.05, 0) is 50.4 Å². The number of benzene rings is 1. The second kappa shape index (κ2) is 4.47. The fourth-order valence-corrected chi connectivity index (χ4v) is 3.58. The van der Waals surface area contributed by atoms with Crippen molar-refractivity contribution in [1.29, 1.82) is 0 Å². The quantitative estimate of drug-likeness (QED) is 0.799. The summed E-state index contributed by atoms with van der Waals surface area (Å²) >= 11 is 0. The van der Waals surface area contributed by atoms with Gasteiger partial charge in [-0.2, -0.15) is 0 Å². The number of likely N-dealkylation sites (N-methyl/N-ethyl adjacent to an activating group) is 1. The van der Waals surface area contributed by atoms with Crippen LogP contribution in [0.3, 0.4) is 0 Å². The molecule has 1 saturated heterocycles. The monoisotopic (exact) mass is 247 g/mol.